The summed E-state index contributed by atoms with van der Waals surface area (Å²) in [4.78, 5) is 0. The van der Waals surface area contributed by atoms with Crippen molar-refractivity contribution in [1.29, 1.82) is 0 Å². The molecule has 3 aromatic rings. The Morgan fingerprint density at radius 2 is 1.71 bits per heavy atom. The SMILES string of the molecule is C[C@H](NCc1ccc(-c2ccc(Cl)cc2)o1)[C@H](O)c1ccccc1. The van der Waals surface area contributed by atoms with Crippen LogP contribution in [0.4, 0.5) is 0 Å². The lowest BCUT2D eigenvalue weighted by atomic mass is 10.0. The summed E-state index contributed by atoms with van der Waals surface area (Å²) in [7, 11) is 0. The van der Waals surface area contributed by atoms with E-state index in [-0.39, 0.29) is 6.04 Å². The van der Waals surface area contributed by atoms with Crippen LogP contribution in [-0.4, -0.2) is 11.1 Å². The number of rotatable bonds is 6. The third kappa shape index (κ3) is 4.06. The van der Waals surface area contributed by atoms with E-state index in [1.807, 2.05) is 73.7 Å². The van der Waals surface area contributed by atoms with Crippen molar-refractivity contribution in [3.8, 4) is 11.3 Å². The van der Waals surface area contributed by atoms with Gasteiger partial charge >= 0.3 is 0 Å². The van der Waals surface area contributed by atoms with Crippen molar-refractivity contribution >= 4 is 11.6 Å². The van der Waals surface area contributed by atoms with Crippen LogP contribution in [0.1, 0.15) is 24.4 Å². The van der Waals surface area contributed by atoms with E-state index in [1.54, 1.807) is 0 Å². The van der Waals surface area contributed by atoms with E-state index in [9.17, 15) is 5.11 Å². The van der Waals surface area contributed by atoms with Gasteiger partial charge in [-0.2, -0.15) is 0 Å². The molecule has 0 unspecified atom stereocenters. The largest absolute Gasteiger partial charge is 0.460 e. The first kappa shape index (κ1) is 16.8. The highest BCUT2D eigenvalue weighted by molar-refractivity contribution is 6.30. The Bertz CT molecular complexity index is 768. The molecular weight excluding hydrogens is 322 g/mol. The monoisotopic (exact) mass is 341 g/mol. The smallest absolute Gasteiger partial charge is 0.134 e. The summed E-state index contributed by atoms with van der Waals surface area (Å²) < 4.78 is 5.86. The van der Waals surface area contributed by atoms with E-state index in [0.717, 1.165) is 22.6 Å². The highest BCUT2D eigenvalue weighted by Crippen LogP contribution is 2.24. The fourth-order valence-electron chi connectivity index (χ4n) is 2.55. The van der Waals surface area contributed by atoms with Crippen molar-refractivity contribution in [3.05, 3.63) is 83.1 Å². The molecular formula is C20H20ClNO2. The molecule has 0 spiro atoms. The van der Waals surface area contributed by atoms with Crippen LogP contribution in [-0.2, 0) is 6.54 Å². The molecule has 124 valence electrons. The minimum absolute atomic E-state index is 0.0866. The second-order valence-corrected chi connectivity index (χ2v) is 6.23. The van der Waals surface area contributed by atoms with Gasteiger partial charge in [-0.1, -0.05) is 41.9 Å². The van der Waals surface area contributed by atoms with Crippen LogP contribution in [0.5, 0.6) is 0 Å². The molecule has 0 aliphatic carbocycles. The molecule has 2 atom stereocenters. The number of hydrogen-bond acceptors (Lipinski definition) is 3. The fraction of sp³-hybridized carbons (Fsp3) is 0.200. The van der Waals surface area contributed by atoms with Gasteiger partial charge in [-0.15, -0.1) is 0 Å². The van der Waals surface area contributed by atoms with Gasteiger partial charge in [0, 0.05) is 16.6 Å². The van der Waals surface area contributed by atoms with Crippen LogP contribution >= 0.6 is 11.6 Å². The quantitative estimate of drug-likeness (QED) is 0.676. The van der Waals surface area contributed by atoms with Crippen molar-refractivity contribution in [1.82, 2.24) is 5.32 Å². The Balaban J connectivity index is 1.60. The molecule has 3 rings (SSSR count). The summed E-state index contributed by atoms with van der Waals surface area (Å²) in [5.41, 5.74) is 1.89. The zero-order valence-corrected chi connectivity index (χ0v) is 14.2. The van der Waals surface area contributed by atoms with Gasteiger partial charge in [-0.05, 0) is 48.9 Å². The van der Waals surface area contributed by atoms with Gasteiger partial charge in [0.05, 0.1) is 12.6 Å². The molecule has 24 heavy (non-hydrogen) atoms. The normalized spacial score (nSPS) is 13.6. The molecule has 0 bridgehead atoms. The van der Waals surface area contributed by atoms with Gasteiger partial charge in [0.2, 0.25) is 0 Å². The van der Waals surface area contributed by atoms with Gasteiger partial charge in [-0.25, -0.2) is 0 Å². The van der Waals surface area contributed by atoms with E-state index in [1.165, 1.54) is 0 Å². The lowest BCUT2D eigenvalue weighted by Crippen LogP contribution is -2.31. The summed E-state index contributed by atoms with van der Waals surface area (Å²) >= 11 is 5.90. The standard InChI is InChI=1S/C20H20ClNO2/c1-14(20(23)16-5-3-2-4-6-16)22-13-18-11-12-19(24-18)15-7-9-17(21)10-8-15/h2-12,14,20,22-23H,13H2,1H3/t14-,20-/m0/s1. The number of furan rings is 1. The Labute approximate surface area is 146 Å². The van der Waals surface area contributed by atoms with Crippen LogP contribution in [0.2, 0.25) is 5.02 Å². The average molecular weight is 342 g/mol. The number of benzene rings is 2. The maximum Gasteiger partial charge on any atom is 0.134 e. The molecule has 4 heteroatoms. The zero-order chi connectivity index (χ0) is 16.9. The first-order valence-corrected chi connectivity index (χ1v) is 8.32. The summed E-state index contributed by atoms with van der Waals surface area (Å²) in [6.45, 7) is 2.51. The van der Waals surface area contributed by atoms with E-state index in [0.29, 0.717) is 11.6 Å². The minimum Gasteiger partial charge on any atom is -0.460 e. The topological polar surface area (TPSA) is 45.4 Å². The van der Waals surface area contributed by atoms with Gasteiger partial charge in [0.25, 0.3) is 0 Å². The maximum absolute atomic E-state index is 10.4. The summed E-state index contributed by atoms with van der Waals surface area (Å²) in [6.07, 6.45) is -0.558. The van der Waals surface area contributed by atoms with E-state index < -0.39 is 6.10 Å². The molecule has 1 aromatic heterocycles. The van der Waals surface area contributed by atoms with Crippen molar-refractivity contribution in [2.75, 3.05) is 0 Å². The van der Waals surface area contributed by atoms with Crippen molar-refractivity contribution in [2.45, 2.75) is 25.6 Å². The lowest BCUT2D eigenvalue weighted by molar-refractivity contribution is 0.134. The summed E-state index contributed by atoms with van der Waals surface area (Å²) in [5.74, 6) is 1.63. The average Bonchev–Trinajstić information content (AvgIpc) is 3.09. The molecule has 2 N–H and O–H groups in total. The Hall–Kier alpha value is -2.07. The first-order chi connectivity index (χ1) is 11.6. The maximum atomic E-state index is 10.4. The molecule has 2 aromatic carbocycles. The van der Waals surface area contributed by atoms with Crippen molar-refractivity contribution in [2.24, 2.45) is 0 Å². The molecule has 0 saturated carbocycles. The zero-order valence-electron chi connectivity index (χ0n) is 13.4. The Morgan fingerprint density at radius 1 is 1.00 bits per heavy atom. The molecule has 0 amide bonds. The molecule has 0 radical (unpaired) electrons. The van der Waals surface area contributed by atoms with Crippen LogP contribution in [0.15, 0.2) is 71.1 Å². The van der Waals surface area contributed by atoms with E-state index in [4.69, 9.17) is 16.0 Å². The van der Waals surface area contributed by atoms with Gasteiger partial charge in [-0.3, -0.25) is 0 Å². The second kappa shape index (κ2) is 7.67. The predicted molar refractivity (Wildman–Crippen MR) is 96.9 cm³/mol. The molecule has 0 aliphatic heterocycles. The van der Waals surface area contributed by atoms with Gasteiger partial charge in [0.15, 0.2) is 0 Å². The van der Waals surface area contributed by atoms with Crippen LogP contribution in [0.3, 0.4) is 0 Å². The molecule has 0 saturated heterocycles. The van der Waals surface area contributed by atoms with Crippen LogP contribution in [0, 0.1) is 0 Å². The Morgan fingerprint density at radius 3 is 2.42 bits per heavy atom. The number of aliphatic hydroxyl groups excluding tert-OH is 1. The summed E-state index contributed by atoms with van der Waals surface area (Å²) in [6, 6.07) is 21.0. The molecule has 1 heterocycles. The summed E-state index contributed by atoms with van der Waals surface area (Å²) in [5, 5.41) is 14.4. The van der Waals surface area contributed by atoms with Crippen molar-refractivity contribution in [3.63, 3.8) is 0 Å². The number of halogens is 1. The van der Waals surface area contributed by atoms with Crippen molar-refractivity contribution < 1.29 is 9.52 Å². The predicted octanol–water partition coefficient (Wildman–Crippen LogP) is 4.81. The lowest BCUT2D eigenvalue weighted by Gasteiger charge is -2.20. The third-order valence-electron chi connectivity index (χ3n) is 4.00. The second-order valence-electron chi connectivity index (χ2n) is 5.80. The minimum atomic E-state index is -0.558. The molecule has 0 fully saturated rings. The third-order valence-corrected chi connectivity index (χ3v) is 4.26. The fourth-order valence-corrected chi connectivity index (χ4v) is 2.68. The Kier molecular flexibility index (Phi) is 5.36. The van der Waals surface area contributed by atoms with Gasteiger partial charge in [0.1, 0.15) is 11.5 Å². The highest BCUT2D eigenvalue weighted by Gasteiger charge is 2.16. The number of aliphatic hydroxyl groups is 1. The molecule has 3 nitrogen and oxygen atoms in total. The first-order valence-electron chi connectivity index (χ1n) is 7.94. The highest BCUT2D eigenvalue weighted by atomic mass is 35.5. The van der Waals surface area contributed by atoms with E-state index in [2.05, 4.69) is 5.32 Å². The number of nitrogens with one attached hydrogen (secondary N) is 1. The van der Waals surface area contributed by atoms with Crippen LogP contribution < -0.4 is 5.32 Å². The van der Waals surface area contributed by atoms with E-state index >= 15 is 0 Å². The van der Waals surface area contributed by atoms with Gasteiger partial charge < -0.3 is 14.8 Å². The molecule has 0 aliphatic rings. The number of hydrogen-bond donors (Lipinski definition) is 2. The van der Waals surface area contributed by atoms with Crippen LogP contribution in [0.25, 0.3) is 11.3 Å².